The Bertz CT molecular complexity index is 138. The quantitative estimate of drug-likeness (QED) is 0.687. The van der Waals surface area contributed by atoms with Gasteiger partial charge in [-0.3, -0.25) is 0 Å². The van der Waals surface area contributed by atoms with E-state index in [1.54, 1.807) is 0 Å². The molecule has 1 aliphatic carbocycles. The van der Waals surface area contributed by atoms with E-state index in [2.05, 4.69) is 19.2 Å². The van der Waals surface area contributed by atoms with Gasteiger partial charge in [-0.1, -0.05) is 20.3 Å². The maximum atomic E-state index is 9.64. The second-order valence-corrected chi connectivity index (χ2v) is 4.17. The fourth-order valence-corrected chi connectivity index (χ4v) is 2.19. The third-order valence-corrected chi connectivity index (χ3v) is 3.06. The van der Waals surface area contributed by atoms with Crippen molar-refractivity contribution in [3.05, 3.63) is 0 Å². The van der Waals surface area contributed by atoms with Crippen molar-refractivity contribution >= 4 is 0 Å². The number of rotatable bonds is 5. The third-order valence-electron chi connectivity index (χ3n) is 3.06. The molecule has 2 heteroatoms. The molecule has 13 heavy (non-hydrogen) atoms. The Morgan fingerprint density at radius 2 is 2.15 bits per heavy atom. The molecule has 0 spiro atoms. The average molecular weight is 185 g/mol. The van der Waals surface area contributed by atoms with Crippen molar-refractivity contribution in [2.24, 2.45) is 0 Å². The van der Waals surface area contributed by atoms with Crippen LogP contribution in [0.15, 0.2) is 0 Å². The highest BCUT2D eigenvalue weighted by Crippen LogP contribution is 2.20. The molecule has 1 saturated carbocycles. The summed E-state index contributed by atoms with van der Waals surface area (Å²) in [6.45, 7) is 4.43. The molecule has 0 amide bonds. The van der Waals surface area contributed by atoms with E-state index >= 15 is 0 Å². The third kappa shape index (κ3) is 3.28. The maximum Gasteiger partial charge on any atom is 0.0693 e. The first-order valence-corrected chi connectivity index (χ1v) is 5.72. The van der Waals surface area contributed by atoms with Crippen molar-refractivity contribution in [1.82, 2.24) is 5.32 Å². The second-order valence-electron chi connectivity index (χ2n) is 4.17. The van der Waals surface area contributed by atoms with Gasteiger partial charge >= 0.3 is 0 Å². The van der Waals surface area contributed by atoms with Crippen LogP contribution in [0.3, 0.4) is 0 Å². The minimum Gasteiger partial charge on any atom is -0.392 e. The summed E-state index contributed by atoms with van der Waals surface area (Å²) in [5, 5.41) is 13.2. The van der Waals surface area contributed by atoms with Gasteiger partial charge in [-0.2, -0.15) is 0 Å². The van der Waals surface area contributed by atoms with E-state index in [4.69, 9.17) is 0 Å². The van der Waals surface area contributed by atoms with Gasteiger partial charge in [0.15, 0.2) is 0 Å². The Hall–Kier alpha value is -0.0800. The molecule has 3 unspecified atom stereocenters. The first kappa shape index (κ1) is 11.0. The van der Waals surface area contributed by atoms with Gasteiger partial charge in [0.25, 0.3) is 0 Å². The smallest absolute Gasteiger partial charge is 0.0693 e. The molecule has 2 nitrogen and oxygen atoms in total. The van der Waals surface area contributed by atoms with Gasteiger partial charge < -0.3 is 10.4 Å². The first-order chi connectivity index (χ1) is 6.27. The highest BCUT2D eigenvalue weighted by atomic mass is 16.3. The van der Waals surface area contributed by atoms with Crippen LogP contribution < -0.4 is 5.32 Å². The normalized spacial score (nSPS) is 30.7. The van der Waals surface area contributed by atoms with Gasteiger partial charge in [0.05, 0.1) is 6.10 Å². The highest BCUT2D eigenvalue weighted by Gasteiger charge is 2.26. The predicted molar refractivity (Wildman–Crippen MR) is 55.8 cm³/mol. The molecule has 0 radical (unpaired) electrons. The summed E-state index contributed by atoms with van der Waals surface area (Å²) in [5.41, 5.74) is 0. The van der Waals surface area contributed by atoms with Crippen LogP contribution in [0.5, 0.6) is 0 Å². The van der Waals surface area contributed by atoms with E-state index in [1.807, 2.05) is 0 Å². The minimum absolute atomic E-state index is 0.0918. The maximum absolute atomic E-state index is 9.64. The Kier molecular flexibility index (Phi) is 4.74. The molecule has 1 fully saturated rings. The monoisotopic (exact) mass is 185 g/mol. The van der Waals surface area contributed by atoms with E-state index in [1.165, 1.54) is 25.7 Å². The number of hydrogen-bond acceptors (Lipinski definition) is 2. The van der Waals surface area contributed by atoms with E-state index in [0.717, 1.165) is 12.8 Å². The van der Waals surface area contributed by atoms with Crippen LogP contribution in [0.2, 0.25) is 0 Å². The Balaban J connectivity index is 2.27. The van der Waals surface area contributed by atoms with Crippen LogP contribution in [-0.2, 0) is 0 Å². The summed E-state index contributed by atoms with van der Waals surface area (Å²) in [6, 6.07) is 0.985. The fraction of sp³-hybridized carbons (Fsp3) is 1.00. The zero-order valence-corrected chi connectivity index (χ0v) is 8.92. The summed E-state index contributed by atoms with van der Waals surface area (Å²) in [4.78, 5) is 0. The molecule has 0 saturated heterocycles. The van der Waals surface area contributed by atoms with Crippen molar-refractivity contribution in [1.29, 1.82) is 0 Å². The van der Waals surface area contributed by atoms with Crippen LogP contribution in [0.4, 0.5) is 0 Å². The SMILES string of the molecule is CCCC(CC)NC1CCCC1O. The molecule has 3 atom stereocenters. The lowest BCUT2D eigenvalue weighted by Gasteiger charge is -2.23. The number of nitrogens with one attached hydrogen (secondary N) is 1. The zero-order chi connectivity index (χ0) is 9.68. The molecule has 1 rings (SSSR count). The molecular formula is C11H23NO. The van der Waals surface area contributed by atoms with Crippen molar-refractivity contribution in [2.75, 3.05) is 0 Å². The number of aliphatic hydroxyl groups is 1. The van der Waals surface area contributed by atoms with Crippen LogP contribution in [-0.4, -0.2) is 23.3 Å². The van der Waals surface area contributed by atoms with Gasteiger partial charge in [0, 0.05) is 12.1 Å². The molecule has 0 bridgehead atoms. The molecule has 2 N–H and O–H groups in total. The molecule has 78 valence electrons. The average Bonchev–Trinajstić information content (AvgIpc) is 2.51. The predicted octanol–water partition coefficient (Wildman–Crippen LogP) is 2.07. The van der Waals surface area contributed by atoms with Crippen LogP contribution in [0.25, 0.3) is 0 Å². The molecule has 0 aromatic rings. The molecular weight excluding hydrogens is 162 g/mol. The summed E-state index contributed by atoms with van der Waals surface area (Å²) < 4.78 is 0. The molecule has 1 aliphatic rings. The second kappa shape index (κ2) is 5.61. The van der Waals surface area contributed by atoms with Crippen molar-refractivity contribution in [3.63, 3.8) is 0 Å². The Labute approximate surface area is 81.7 Å². The van der Waals surface area contributed by atoms with Crippen molar-refractivity contribution in [3.8, 4) is 0 Å². The van der Waals surface area contributed by atoms with E-state index in [9.17, 15) is 5.11 Å². The fourth-order valence-electron chi connectivity index (χ4n) is 2.19. The van der Waals surface area contributed by atoms with Gasteiger partial charge in [0.2, 0.25) is 0 Å². The summed E-state index contributed by atoms with van der Waals surface area (Å²) in [5.74, 6) is 0. The summed E-state index contributed by atoms with van der Waals surface area (Å²) in [6.07, 6.45) is 6.87. The first-order valence-electron chi connectivity index (χ1n) is 5.72. The molecule has 0 aromatic heterocycles. The van der Waals surface area contributed by atoms with Gasteiger partial charge in [0.1, 0.15) is 0 Å². The molecule has 0 aromatic carbocycles. The topological polar surface area (TPSA) is 32.3 Å². The van der Waals surface area contributed by atoms with Gasteiger partial charge in [-0.25, -0.2) is 0 Å². The van der Waals surface area contributed by atoms with Gasteiger partial charge in [-0.05, 0) is 32.1 Å². The minimum atomic E-state index is -0.0918. The summed E-state index contributed by atoms with van der Waals surface area (Å²) in [7, 11) is 0. The van der Waals surface area contributed by atoms with Crippen LogP contribution in [0.1, 0.15) is 52.4 Å². The Morgan fingerprint density at radius 3 is 2.62 bits per heavy atom. The lowest BCUT2D eigenvalue weighted by molar-refractivity contribution is 0.141. The highest BCUT2D eigenvalue weighted by molar-refractivity contribution is 4.85. The lowest BCUT2D eigenvalue weighted by atomic mass is 10.1. The van der Waals surface area contributed by atoms with Crippen LogP contribution in [0, 0.1) is 0 Å². The molecule has 0 aliphatic heterocycles. The zero-order valence-electron chi connectivity index (χ0n) is 8.92. The number of hydrogen-bond donors (Lipinski definition) is 2. The molecule has 0 heterocycles. The number of aliphatic hydroxyl groups excluding tert-OH is 1. The van der Waals surface area contributed by atoms with Crippen LogP contribution >= 0.6 is 0 Å². The van der Waals surface area contributed by atoms with Crippen molar-refractivity contribution in [2.45, 2.75) is 70.6 Å². The largest absolute Gasteiger partial charge is 0.392 e. The van der Waals surface area contributed by atoms with E-state index in [0.29, 0.717) is 12.1 Å². The summed E-state index contributed by atoms with van der Waals surface area (Å²) >= 11 is 0. The lowest BCUT2D eigenvalue weighted by Crippen LogP contribution is -2.42. The van der Waals surface area contributed by atoms with Crippen molar-refractivity contribution < 1.29 is 5.11 Å². The van der Waals surface area contributed by atoms with Gasteiger partial charge in [-0.15, -0.1) is 0 Å². The Morgan fingerprint density at radius 1 is 1.38 bits per heavy atom. The van der Waals surface area contributed by atoms with E-state index in [-0.39, 0.29) is 6.10 Å². The standard InChI is InChI=1S/C11H23NO/c1-3-6-9(4-2)12-10-7-5-8-11(10)13/h9-13H,3-8H2,1-2H3. The van der Waals surface area contributed by atoms with E-state index < -0.39 is 0 Å².